The normalized spacial score (nSPS) is 23.9. The highest BCUT2D eigenvalue weighted by atomic mass is 16.1. The molecule has 1 N–H and O–H groups in total. The van der Waals surface area contributed by atoms with Crippen LogP contribution in [0, 0.1) is 17.3 Å². The van der Waals surface area contributed by atoms with Crippen LogP contribution in [-0.4, -0.2) is 36.5 Å². The summed E-state index contributed by atoms with van der Waals surface area (Å²) in [6.07, 6.45) is 4.27. The Kier molecular flexibility index (Phi) is 4.00. The molecule has 0 bridgehead atoms. The number of amides is 1. The molecule has 1 heterocycles. The molecule has 0 radical (unpaired) electrons. The minimum absolute atomic E-state index is 0.0839. The van der Waals surface area contributed by atoms with Gasteiger partial charge in [0.15, 0.2) is 0 Å². The van der Waals surface area contributed by atoms with E-state index in [-0.39, 0.29) is 11.8 Å². The standard InChI is InChI=1S/C15H28N2O/c1-11(2)13(16-14(18)12(3)4)8-17-9-15(10-17)6-5-7-15/h11-13H,5-10H2,1-4H3,(H,16,18)/t13-/m1/s1. The zero-order valence-corrected chi connectivity index (χ0v) is 12.3. The molecule has 3 heteroatoms. The number of carbonyl (C=O) groups excluding carboxylic acids is 1. The molecule has 0 aromatic carbocycles. The molecule has 1 spiro atoms. The second-order valence-corrected chi connectivity index (χ2v) is 7.04. The van der Waals surface area contributed by atoms with Gasteiger partial charge in [-0.1, -0.05) is 34.1 Å². The Morgan fingerprint density at radius 2 is 1.83 bits per heavy atom. The van der Waals surface area contributed by atoms with E-state index in [2.05, 4.69) is 24.1 Å². The predicted octanol–water partition coefficient (Wildman–Crippen LogP) is 2.27. The van der Waals surface area contributed by atoms with Crippen molar-refractivity contribution in [3.63, 3.8) is 0 Å². The first-order valence-electron chi connectivity index (χ1n) is 7.45. The number of nitrogens with zero attached hydrogens (tertiary/aromatic N) is 1. The van der Waals surface area contributed by atoms with Crippen LogP contribution >= 0.6 is 0 Å². The first-order chi connectivity index (χ1) is 8.42. The largest absolute Gasteiger partial charge is 0.352 e. The molecule has 1 saturated heterocycles. The summed E-state index contributed by atoms with van der Waals surface area (Å²) < 4.78 is 0. The van der Waals surface area contributed by atoms with Gasteiger partial charge in [-0.25, -0.2) is 0 Å². The SMILES string of the molecule is CC(C)C(=O)N[C@H](CN1CC2(CCC2)C1)C(C)C. The van der Waals surface area contributed by atoms with Crippen LogP contribution in [0.25, 0.3) is 0 Å². The second kappa shape index (κ2) is 5.20. The Hall–Kier alpha value is -0.570. The molecule has 1 atom stereocenters. The molecule has 0 aromatic heterocycles. The Morgan fingerprint density at radius 3 is 2.22 bits per heavy atom. The van der Waals surface area contributed by atoms with Gasteiger partial charge in [-0.2, -0.15) is 0 Å². The minimum Gasteiger partial charge on any atom is -0.352 e. The highest BCUT2D eigenvalue weighted by molar-refractivity contribution is 5.78. The van der Waals surface area contributed by atoms with Crippen LogP contribution in [-0.2, 0) is 4.79 Å². The van der Waals surface area contributed by atoms with Crippen molar-refractivity contribution in [2.24, 2.45) is 17.3 Å². The van der Waals surface area contributed by atoms with Crippen LogP contribution in [0.5, 0.6) is 0 Å². The molecule has 1 aliphatic heterocycles. The number of carbonyl (C=O) groups is 1. The predicted molar refractivity (Wildman–Crippen MR) is 74.3 cm³/mol. The molecular weight excluding hydrogens is 224 g/mol. The van der Waals surface area contributed by atoms with E-state index in [9.17, 15) is 4.79 Å². The van der Waals surface area contributed by atoms with Gasteiger partial charge < -0.3 is 10.2 Å². The van der Waals surface area contributed by atoms with Gasteiger partial charge in [0.25, 0.3) is 0 Å². The van der Waals surface area contributed by atoms with E-state index in [4.69, 9.17) is 0 Å². The Bertz CT molecular complexity index is 300. The van der Waals surface area contributed by atoms with E-state index in [1.54, 1.807) is 0 Å². The molecule has 104 valence electrons. The number of rotatable bonds is 5. The third-order valence-electron chi connectivity index (χ3n) is 4.64. The van der Waals surface area contributed by atoms with Crippen molar-refractivity contribution >= 4 is 5.91 Å². The van der Waals surface area contributed by atoms with Crippen molar-refractivity contribution in [2.75, 3.05) is 19.6 Å². The smallest absolute Gasteiger partial charge is 0.222 e. The quantitative estimate of drug-likeness (QED) is 0.814. The zero-order valence-electron chi connectivity index (χ0n) is 12.3. The van der Waals surface area contributed by atoms with Gasteiger partial charge in [0, 0.05) is 31.6 Å². The highest BCUT2D eigenvalue weighted by Crippen LogP contribution is 2.48. The molecule has 1 aliphatic carbocycles. The van der Waals surface area contributed by atoms with Crippen molar-refractivity contribution in [1.82, 2.24) is 10.2 Å². The summed E-state index contributed by atoms with van der Waals surface area (Å²) in [6.45, 7) is 11.9. The van der Waals surface area contributed by atoms with Crippen LogP contribution < -0.4 is 5.32 Å². The lowest BCUT2D eigenvalue weighted by molar-refractivity contribution is -0.125. The topological polar surface area (TPSA) is 32.3 Å². The Labute approximate surface area is 111 Å². The van der Waals surface area contributed by atoms with Crippen molar-refractivity contribution in [2.45, 2.75) is 53.0 Å². The molecule has 3 nitrogen and oxygen atoms in total. The monoisotopic (exact) mass is 252 g/mol. The van der Waals surface area contributed by atoms with Crippen molar-refractivity contribution in [3.8, 4) is 0 Å². The third-order valence-corrected chi connectivity index (χ3v) is 4.64. The van der Waals surface area contributed by atoms with E-state index < -0.39 is 0 Å². The average molecular weight is 252 g/mol. The molecule has 0 aromatic rings. The summed E-state index contributed by atoms with van der Waals surface area (Å²) in [5.41, 5.74) is 0.684. The van der Waals surface area contributed by atoms with Crippen molar-refractivity contribution < 1.29 is 4.79 Å². The summed E-state index contributed by atoms with van der Waals surface area (Å²) in [5.74, 6) is 0.777. The fourth-order valence-corrected chi connectivity index (χ4v) is 3.08. The fourth-order valence-electron chi connectivity index (χ4n) is 3.08. The molecule has 2 fully saturated rings. The molecule has 1 amide bonds. The van der Waals surface area contributed by atoms with Gasteiger partial charge in [-0.05, 0) is 24.2 Å². The minimum atomic E-state index is 0.0839. The molecule has 2 aliphatic rings. The summed E-state index contributed by atoms with van der Waals surface area (Å²) in [5, 5.41) is 3.20. The second-order valence-electron chi connectivity index (χ2n) is 7.04. The first kappa shape index (κ1) is 13.9. The van der Waals surface area contributed by atoms with E-state index in [1.807, 2.05) is 13.8 Å². The van der Waals surface area contributed by atoms with E-state index >= 15 is 0 Å². The number of likely N-dealkylation sites (tertiary alicyclic amines) is 1. The lowest BCUT2D eigenvalue weighted by atomic mass is 9.63. The Morgan fingerprint density at radius 1 is 1.22 bits per heavy atom. The molecule has 18 heavy (non-hydrogen) atoms. The molecule has 2 rings (SSSR count). The first-order valence-corrected chi connectivity index (χ1v) is 7.45. The van der Waals surface area contributed by atoms with Crippen LogP contribution in [0.1, 0.15) is 47.0 Å². The van der Waals surface area contributed by atoms with Crippen LogP contribution in [0.3, 0.4) is 0 Å². The van der Waals surface area contributed by atoms with E-state index in [0.29, 0.717) is 17.4 Å². The van der Waals surface area contributed by atoms with E-state index in [1.165, 1.54) is 32.4 Å². The highest BCUT2D eigenvalue weighted by Gasteiger charge is 2.47. The van der Waals surface area contributed by atoms with Gasteiger partial charge in [-0.3, -0.25) is 4.79 Å². The molecule has 1 saturated carbocycles. The number of hydrogen-bond acceptors (Lipinski definition) is 2. The zero-order chi connectivity index (χ0) is 13.3. The summed E-state index contributed by atoms with van der Waals surface area (Å²) >= 11 is 0. The van der Waals surface area contributed by atoms with Crippen molar-refractivity contribution in [1.29, 1.82) is 0 Å². The molecular formula is C15H28N2O. The maximum Gasteiger partial charge on any atom is 0.222 e. The van der Waals surface area contributed by atoms with Gasteiger partial charge >= 0.3 is 0 Å². The third kappa shape index (κ3) is 2.87. The van der Waals surface area contributed by atoms with Crippen LogP contribution in [0.2, 0.25) is 0 Å². The summed E-state index contributed by atoms with van der Waals surface area (Å²) in [4.78, 5) is 14.3. The maximum atomic E-state index is 11.8. The van der Waals surface area contributed by atoms with Gasteiger partial charge in [0.2, 0.25) is 5.91 Å². The lowest BCUT2D eigenvalue weighted by Gasteiger charge is -2.57. The van der Waals surface area contributed by atoms with Crippen LogP contribution in [0.15, 0.2) is 0 Å². The summed E-state index contributed by atoms with van der Waals surface area (Å²) in [6, 6.07) is 0.303. The lowest BCUT2D eigenvalue weighted by Crippen LogP contribution is -2.62. The number of nitrogens with one attached hydrogen (secondary N) is 1. The van der Waals surface area contributed by atoms with Gasteiger partial charge in [0.1, 0.15) is 0 Å². The number of hydrogen-bond donors (Lipinski definition) is 1. The van der Waals surface area contributed by atoms with Gasteiger partial charge in [0.05, 0.1) is 0 Å². The Balaban J connectivity index is 1.78. The summed E-state index contributed by atoms with van der Waals surface area (Å²) in [7, 11) is 0. The fraction of sp³-hybridized carbons (Fsp3) is 0.933. The van der Waals surface area contributed by atoms with E-state index in [0.717, 1.165) is 6.54 Å². The average Bonchev–Trinajstić information content (AvgIpc) is 2.17. The van der Waals surface area contributed by atoms with Gasteiger partial charge in [-0.15, -0.1) is 0 Å². The van der Waals surface area contributed by atoms with Crippen molar-refractivity contribution in [3.05, 3.63) is 0 Å². The maximum absolute atomic E-state index is 11.8. The molecule has 0 unspecified atom stereocenters. The van der Waals surface area contributed by atoms with Crippen LogP contribution in [0.4, 0.5) is 0 Å².